The highest BCUT2D eigenvalue weighted by Crippen LogP contribution is 2.31. The fourth-order valence-electron chi connectivity index (χ4n) is 4.42. The molecular weight excluding hydrogens is 402 g/mol. The molecule has 1 aliphatic rings. The van der Waals surface area contributed by atoms with Gasteiger partial charge < -0.3 is 14.8 Å². The Hall–Kier alpha value is -1.52. The van der Waals surface area contributed by atoms with E-state index < -0.39 is 11.6 Å². The van der Waals surface area contributed by atoms with Crippen LogP contribution in [0.4, 0.5) is 4.79 Å². The van der Waals surface area contributed by atoms with Crippen molar-refractivity contribution < 1.29 is 19.1 Å². The van der Waals surface area contributed by atoms with Gasteiger partial charge in [0.2, 0.25) is 0 Å². The maximum Gasteiger partial charge on any atom is 0.408 e. The first kappa shape index (κ1) is 28.5. The molecule has 0 heterocycles. The number of carbonyl (C=O) groups is 2. The topological polar surface area (TPSA) is 64.6 Å². The third-order valence-corrected chi connectivity index (χ3v) is 6.48. The number of esters is 1. The van der Waals surface area contributed by atoms with Gasteiger partial charge in [-0.25, -0.2) is 9.59 Å². The molecule has 0 atom stereocenters. The molecule has 0 spiro atoms. The molecule has 0 unspecified atom stereocenters. The van der Waals surface area contributed by atoms with Crippen molar-refractivity contribution in [2.45, 2.75) is 134 Å². The van der Waals surface area contributed by atoms with Gasteiger partial charge in [0, 0.05) is 0 Å². The SMILES string of the molecule is C=CCCOC(=O)NC1(C(=O)OCCCCCCCCCCCCCCCC)CCCC1. The third kappa shape index (κ3) is 13.1. The summed E-state index contributed by atoms with van der Waals surface area (Å²) in [6, 6.07) is 0. The Morgan fingerprint density at radius 2 is 1.28 bits per heavy atom. The number of amides is 1. The van der Waals surface area contributed by atoms with Crippen LogP contribution < -0.4 is 5.32 Å². The molecule has 0 radical (unpaired) electrons. The van der Waals surface area contributed by atoms with Crippen LogP contribution in [-0.2, 0) is 14.3 Å². The van der Waals surface area contributed by atoms with Crippen molar-refractivity contribution in [3.05, 3.63) is 12.7 Å². The van der Waals surface area contributed by atoms with E-state index in [9.17, 15) is 9.59 Å². The highest BCUT2D eigenvalue weighted by atomic mass is 16.6. The quantitative estimate of drug-likeness (QED) is 0.117. The molecule has 1 saturated carbocycles. The molecule has 0 saturated heterocycles. The van der Waals surface area contributed by atoms with Crippen LogP contribution in [0.15, 0.2) is 12.7 Å². The van der Waals surface area contributed by atoms with E-state index in [1.54, 1.807) is 6.08 Å². The number of ether oxygens (including phenoxy) is 2. The molecule has 5 heteroatoms. The molecule has 1 N–H and O–H groups in total. The summed E-state index contributed by atoms with van der Waals surface area (Å²) in [4.78, 5) is 24.7. The lowest BCUT2D eigenvalue weighted by Gasteiger charge is -2.27. The molecule has 0 aliphatic heterocycles. The third-order valence-electron chi connectivity index (χ3n) is 6.48. The maximum atomic E-state index is 12.7. The molecule has 1 aliphatic carbocycles. The predicted molar refractivity (Wildman–Crippen MR) is 132 cm³/mol. The molecule has 0 aromatic carbocycles. The van der Waals surface area contributed by atoms with Gasteiger partial charge in [0.1, 0.15) is 5.54 Å². The van der Waals surface area contributed by atoms with Crippen LogP contribution in [0.1, 0.15) is 129 Å². The largest absolute Gasteiger partial charge is 0.464 e. The van der Waals surface area contributed by atoms with E-state index in [1.807, 2.05) is 0 Å². The van der Waals surface area contributed by atoms with Gasteiger partial charge in [0.15, 0.2) is 0 Å². The second-order valence-corrected chi connectivity index (χ2v) is 9.36. The van der Waals surface area contributed by atoms with Crippen molar-refractivity contribution in [2.75, 3.05) is 13.2 Å². The first-order chi connectivity index (χ1) is 15.6. The lowest BCUT2D eigenvalue weighted by molar-refractivity contribution is -0.151. The highest BCUT2D eigenvalue weighted by molar-refractivity contribution is 5.86. The van der Waals surface area contributed by atoms with Gasteiger partial charge in [0.25, 0.3) is 0 Å². The van der Waals surface area contributed by atoms with Crippen LogP contribution in [0.2, 0.25) is 0 Å². The Bertz CT molecular complexity index is 500. The van der Waals surface area contributed by atoms with Gasteiger partial charge in [0.05, 0.1) is 13.2 Å². The maximum absolute atomic E-state index is 12.7. The zero-order valence-electron chi connectivity index (χ0n) is 20.8. The summed E-state index contributed by atoms with van der Waals surface area (Å²) in [5.74, 6) is -0.301. The Kier molecular flexibility index (Phi) is 16.9. The summed E-state index contributed by atoms with van der Waals surface area (Å²) in [5.41, 5.74) is -0.902. The zero-order chi connectivity index (χ0) is 23.3. The molecule has 1 amide bonds. The van der Waals surface area contributed by atoms with E-state index in [0.29, 0.717) is 25.9 Å². The standard InChI is InChI=1S/C27H49NO4/c1-3-5-7-8-9-10-11-12-13-14-15-16-17-20-24-31-25(29)27(21-18-19-22-27)28-26(30)32-23-6-4-2/h4H,2-3,5-24H2,1H3,(H,28,30). The molecule has 5 nitrogen and oxygen atoms in total. The fourth-order valence-corrected chi connectivity index (χ4v) is 4.42. The normalized spacial score (nSPS) is 14.8. The first-order valence-electron chi connectivity index (χ1n) is 13.4. The number of alkyl carbamates (subject to hydrolysis) is 1. The van der Waals surface area contributed by atoms with Gasteiger partial charge in [-0.1, -0.05) is 109 Å². The summed E-state index contributed by atoms with van der Waals surface area (Å²) in [7, 11) is 0. The van der Waals surface area contributed by atoms with Crippen LogP contribution in [0.3, 0.4) is 0 Å². The number of rotatable bonds is 20. The van der Waals surface area contributed by atoms with Crippen molar-refractivity contribution in [3.8, 4) is 0 Å². The molecule has 32 heavy (non-hydrogen) atoms. The predicted octanol–water partition coefficient (Wildman–Crippen LogP) is 7.63. The van der Waals surface area contributed by atoms with Gasteiger partial charge in [-0.2, -0.15) is 0 Å². The van der Waals surface area contributed by atoms with E-state index in [4.69, 9.17) is 9.47 Å². The summed E-state index contributed by atoms with van der Waals surface area (Å²) in [5, 5.41) is 2.78. The van der Waals surface area contributed by atoms with Crippen LogP contribution >= 0.6 is 0 Å². The van der Waals surface area contributed by atoms with Crippen LogP contribution in [0.5, 0.6) is 0 Å². The second-order valence-electron chi connectivity index (χ2n) is 9.36. The van der Waals surface area contributed by atoms with E-state index >= 15 is 0 Å². The van der Waals surface area contributed by atoms with Crippen molar-refractivity contribution in [2.24, 2.45) is 0 Å². The lowest BCUT2D eigenvalue weighted by atomic mass is 9.98. The molecule has 0 aromatic rings. The Balaban J connectivity index is 2.02. The average molecular weight is 452 g/mol. The smallest absolute Gasteiger partial charge is 0.408 e. The van der Waals surface area contributed by atoms with Crippen molar-refractivity contribution in [1.29, 1.82) is 0 Å². The molecule has 0 aromatic heterocycles. The molecule has 0 bridgehead atoms. The van der Waals surface area contributed by atoms with Crippen molar-refractivity contribution in [3.63, 3.8) is 0 Å². The minimum absolute atomic E-state index is 0.277. The Morgan fingerprint density at radius 1 is 0.781 bits per heavy atom. The molecule has 1 fully saturated rings. The minimum atomic E-state index is -0.902. The van der Waals surface area contributed by atoms with Crippen molar-refractivity contribution >= 4 is 12.1 Å². The van der Waals surface area contributed by atoms with E-state index in [-0.39, 0.29) is 12.6 Å². The second kappa shape index (κ2) is 19.0. The van der Waals surface area contributed by atoms with Gasteiger partial charge >= 0.3 is 12.1 Å². The van der Waals surface area contributed by atoms with Crippen LogP contribution in [0.25, 0.3) is 0 Å². The van der Waals surface area contributed by atoms with E-state index in [1.165, 1.54) is 77.0 Å². The zero-order valence-corrected chi connectivity index (χ0v) is 20.8. The number of carbonyl (C=O) groups excluding carboxylic acids is 2. The summed E-state index contributed by atoms with van der Waals surface area (Å²) in [6.07, 6.45) is 23.1. The van der Waals surface area contributed by atoms with Gasteiger partial charge in [-0.05, 0) is 25.7 Å². The monoisotopic (exact) mass is 451 g/mol. The van der Waals surface area contributed by atoms with E-state index in [0.717, 1.165) is 25.7 Å². The first-order valence-corrected chi connectivity index (χ1v) is 13.4. The summed E-state index contributed by atoms with van der Waals surface area (Å²) in [6.45, 7) is 6.59. The molecule has 1 rings (SSSR count). The summed E-state index contributed by atoms with van der Waals surface area (Å²) >= 11 is 0. The lowest BCUT2D eigenvalue weighted by Crippen LogP contribution is -2.53. The number of hydrogen-bond donors (Lipinski definition) is 1. The minimum Gasteiger partial charge on any atom is -0.464 e. The average Bonchev–Trinajstić information content (AvgIpc) is 3.26. The number of hydrogen-bond acceptors (Lipinski definition) is 4. The highest BCUT2D eigenvalue weighted by Gasteiger charge is 2.44. The van der Waals surface area contributed by atoms with Crippen LogP contribution in [-0.4, -0.2) is 30.8 Å². The molecular formula is C27H49NO4. The Morgan fingerprint density at radius 3 is 1.78 bits per heavy atom. The number of nitrogens with one attached hydrogen (secondary N) is 1. The van der Waals surface area contributed by atoms with Gasteiger partial charge in [-0.3, -0.25) is 0 Å². The van der Waals surface area contributed by atoms with E-state index in [2.05, 4.69) is 18.8 Å². The summed E-state index contributed by atoms with van der Waals surface area (Å²) < 4.78 is 10.7. The van der Waals surface area contributed by atoms with Crippen molar-refractivity contribution in [1.82, 2.24) is 5.32 Å². The molecule has 186 valence electrons. The fraction of sp³-hybridized carbons (Fsp3) is 0.852. The number of unbranched alkanes of at least 4 members (excludes halogenated alkanes) is 13. The van der Waals surface area contributed by atoms with Crippen LogP contribution in [0, 0.1) is 0 Å². The van der Waals surface area contributed by atoms with Gasteiger partial charge in [-0.15, -0.1) is 6.58 Å². The Labute approximate surface area is 197 Å².